The summed E-state index contributed by atoms with van der Waals surface area (Å²) in [6, 6.07) is 9.83. The normalized spacial score (nSPS) is 15.5. The van der Waals surface area contributed by atoms with Gasteiger partial charge in [0, 0.05) is 41.7 Å². The number of para-hydroxylation sites is 1. The van der Waals surface area contributed by atoms with Crippen LogP contribution in [0.25, 0.3) is 10.9 Å². The van der Waals surface area contributed by atoms with E-state index in [-0.39, 0.29) is 18.4 Å². The second-order valence-electron chi connectivity index (χ2n) is 6.82. The predicted octanol–water partition coefficient (Wildman–Crippen LogP) is 2.78. The number of H-pyrrole nitrogens is 1. The minimum atomic E-state index is -0.0518. The lowest BCUT2D eigenvalue weighted by molar-refractivity contribution is 0.0706. The molecule has 134 valence electrons. The predicted molar refractivity (Wildman–Crippen MR) is 98.9 cm³/mol. The molecular formula is C20H22N4O2. The van der Waals surface area contributed by atoms with Crippen molar-refractivity contribution >= 4 is 16.8 Å². The van der Waals surface area contributed by atoms with Gasteiger partial charge in [-0.15, -0.1) is 0 Å². The number of likely N-dealkylation sites (tertiary alicyclic amines) is 1. The average Bonchev–Trinajstić information content (AvgIpc) is 3.12. The van der Waals surface area contributed by atoms with Crippen LogP contribution in [0.1, 0.15) is 46.3 Å². The number of aromatic nitrogens is 3. The van der Waals surface area contributed by atoms with Gasteiger partial charge in [-0.2, -0.15) is 0 Å². The molecule has 1 aliphatic rings. The molecule has 1 amide bonds. The molecule has 6 nitrogen and oxygen atoms in total. The third kappa shape index (κ3) is 3.08. The van der Waals surface area contributed by atoms with Gasteiger partial charge >= 0.3 is 0 Å². The van der Waals surface area contributed by atoms with Crippen molar-refractivity contribution in [3.8, 4) is 0 Å². The van der Waals surface area contributed by atoms with Crippen LogP contribution in [0.15, 0.2) is 36.5 Å². The van der Waals surface area contributed by atoms with Crippen molar-refractivity contribution in [3.63, 3.8) is 0 Å². The van der Waals surface area contributed by atoms with Gasteiger partial charge in [-0.3, -0.25) is 4.79 Å². The number of carbonyl (C=O) groups excluding carboxylic acids is 1. The second kappa shape index (κ2) is 6.88. The van der Waals surface area contributed by atoms with Crippen LogP contribution in [-0.4, -0.2) is 44.0 Å². The van der Waals surface area contributed by atoms with Gasteiger partial charge in [0.1, 0.15) is 11.5 Å². The number of aryl methyl sites for hydroxylation is 1. The first-order valence-corrected chi connectivity index (χ1v) is 8.96. The Hall–Kier alpha value is -2.73. The number of nitrogens with zero attached hydrogens (tertiary/aromatic N) is 3. The van der Waals surface area contributed by atoms with Crippen molar-refractivity contribution in [2.45, 2.75) is 32.3 Å². The fraction of sp³-hybridized carbons (Fsp3) is 0.350. The number of hydrogen-bond acceptors (Lipinski definition) is 4. The highest BCUT2D eigenvalue weighted by molar-refractivity contribution is 5.98. The lowest BCUT2D eigenvalue weighted by atomic mass is 9.90. The van der Waals surface area contributed by atoms with E-state index in [2.05, 4.69) is 15.0 Å². The number of fused-ring (bicyclic) bond motifs is 1. The summed E-state index contributed by atoms with van der Waals surface area (Å²) in [7, 11) is 0. The molecule has 26 heavy (non-hydrogen) atoms. The standard InChI is InChI=1S/C20H22N4O2/c1-13-21-11-16(12-25)19(22-13)14-6-8-24(9-7-14)20(26)18-10-15-4-2-3-5-17(15)23-18/h2-5,10-11,14,23,25H,6-9,12H2,1H3. The van der Waals surface area contributed by atoms with Crippen LogP contribution in [0.4, 0.5) is 0 Å². The molecule has 3 heterocycles. The number of nitrogens with one attached hydrogen (secondary N) is 1. The monoisotopic (exact) mass is 350 g/mol. The lowest BCUT2D eigenvalue weighted by Crippen LogP contribution is -2.38. The van der Waals surface area contributed by atoms with Crippen LogP contribution in [0, 0.1) is 6.92 Å². The van der Waals surface area contributed by atoms with E-state index in [1.807, 2.05) is 42.2 Å². The number of aliphatic hydroxyl groups is 1. The lowest BCUT2D eigenvalue weighted by Gasteiger charge is -2.32. The van der Waals surface area contributed by atoms with Crippen molar-refractivity contribution in [2.24, 2.45) is 0 Å². The zero-order chi connectivity index (χ0) is 18.1. The number of aromatic amines is 1. The van der Waals surface area contributed by atoms with Crippen molar-refractivity contribution < 1.29 is 9.90 Å². The third-order valence-electron chi connectivity index (χ3n) is 5.12. The van der Waals surface area contributed by atoms with E-state index in [9.17, 15) is 9.90 Å². The maximum atomic E-state index is 12.8. The molecule has 0 spiro atoms. The number of hydrogen-bond donors (Lipinski definition) is 2. The molecule has 1 saturated heterocycles. The van der Waals surface area contributed by atoms with Crippen LogP contribution in [0.5, 0.6) is 0 Å². The highest BCUT2D eigenvalue weighted by Crippen LogP contribution is 2.30. The molecule has 0 atom stereocenters. The molecular weight excluding hydrogens is 328 g/mol. The molecule has 0 bridgehead atoms. The zero-order valence-electron chi connectivity index (χ0n) is 14.8. The summed E-state index contributed by atoms with van der Waals surface area (Å²) in [4.78, 5) is 26.6. The summed E-state index contributed by atoms with van der Waals surface area (Å²) in [6.45, 7) is 3.18. The van der Waals surface area contributed by atoms with Crippen LogP contribution < -0.4 is 0 Å². The Morgan fingerprint density at radius 2 is 2.08 bits per heavy atom. The highest BCUT2D eigenvalue weighted by atomic mass is 16.3. The fourth-order valence-corrected chi connectivity index (χ4v) is 3.70. The highest BCUT2D eigenvalue weighted by Gasteiger charge is 2.27. The van der Waals surface area contributed by atoms with Crippen LogP contribution >= 0.6 is 0 Å². The topological polar surface area (TPSA) is 82.1 Å². The molecule has 3 aromatic rings. The van der Waals surface area contributed by atoms with E-state index < -0.39 is 0 Å². The minimum Gasteiger partial charge on any atom is -0.392 e. The molecule has 0 radical (unpaired) electrons. The van der Waals surface area contributed by atoms with Gasteiger partial charge < -0.3 is 15.0 Å². The first-order valence-electron chi connectivity index (χ1n) is 8.96. The zero-order valence-corrected chi connectivity index (χ0v) is 14.8. The van der Waals surface area contributed by atoms with Crippen molar-refractivity contribution in [1.82, 2.24) is 19.9 Å². The van der Waals surface area contributed by atoms with Gasteiger partial charge in [0.15, 0.2) is 0 Å². The van der Waals surface area contributed by atoms with E-state index in [4.69, 9.17) is 0 Å². The van der Waals surface area contributed by atoms with Gasteiger partial charge in [0.2, 0.25) is 0 Å². The van der Waals surface area contributed by atoms with Crippen LogP contribution in [-0.2, 0) is 6.61 Å². The Balaban J connectivity index is 1.48. The molecule has 0 unspecified atom stereocenters. The molecule has 2 N–H and O–H groups in total. The summed E-state index contributed by atoms with van der Waals surface area (Å²) in [5.41, 5.74) is 3.34. The first-order chi connectivity index (χ1) is 12.7. The average molecular weight is 350 g/mol. The van der Waals surface area contributed by atoms with E-state index in [0.29, 0.717) is 24.6 Å². The van der Waals surface area contributed by atoms with E-state index in [1.54, 1.807) is 6.20 Å². The molecule has 1 aromatic carbocycles. The van der Waals surface area contributed by atoms with Gasteiger partial charge in [-0.1, -0.05) is 18.2 Å². The number of piperidine rings is 1. The molecule has 4 rings (SSSR count). The summed E-state index contributed by atoms with van der Waals surface area (Å²) >= 11 is 0. The Morgan fingerprint density at radius 1 is 1.31 bits per heavy atom. The Morgan fingerprint density at radius 3 is 2.81 bits per heavy atom. The third-order valence-corrected chi connectivity index (χ3v) is 5.12. The quantitative estimate of drug-likeness (QED) is 0.761. The minimum absolute atomic E-state index is 0.0425. The second-order valence-corrected chi connectivity index (χ2v) is 6.82. The van der Waals surface area contributed by atoms with Crippen molar-refractivity contribution in [1.29, 1.82) is 0 Å². The number of rotatable bonds is 3. The molecule has 2 aromatic heterocycles. The van der Waals surface area contributed by atoms with Gasteiger partial charge in [-0.25, -0.2) is 9.97 Å². The molecule has 0 aliphatic carbocycles. The maximum absolute atomic E-state index is 12.8. The van der Waals surface area contributed by atoms with Crippen molar-refractivity contribution in [3.05, 3.63) is 59.3 Å². The maximum Gasteiger partial charge on any atom is 0.270 e. The Kier molecular flexibility index (Phi) is 4.42. The van der Waals surface area contributed by atoms with Gasteiger partial charge in [-0.05, 0) is 31.9 Å². The summed E-state index contributed by atoms with van der Waals surface area (Å²) in [5, 5.41) is 10.6. The number of carbonyl (C=O) groups is 1. The Bertz CT molecular complexity index is 909. The molecule has 0 saturated carbocycles. The van der Waals surface area contributed by atoms with Gasteiger partial charge in [0.05, 0.1) is 12.3 Å². The molecule has 1 fully saturated rings. The number of benzene rings is 1. The van der Waals surface area contributed by atoms with E-state index >= 15 is 0 Å². The number of amides is 1. The molecule has 6 heteroatoms. The summed E-state index contributed by atoms with van der Waals surface area (Å²) in [6.07, 6.45) is 3.39. The largest absolute Gasteiger partial charge is 0.392 e. The fourth-order valence-electron chi connectivity index (χ4n) is 3.70. The number of aliphatic hydroxyl groups excluding tert-OH is 1. The summed E-state index contributed by atoms with van der Waals surface area (Å²) < 4.78 is 0. The van der Waals surface area contributed by atoms with Gasteiger partial charge in [0.25, 0.3) is 5.91 Å². The van der Waals surface area contributed by atoms with Crippen molar-refractivity contribution in [2.75, 3.05) is 13.1 Å². The van der Waals surface area contributed by atoms with E-state index in [0.717, 1.165) is 35.0 Å². The first kappa shape index (κ1) is 16.7. The van der Waals surface area contributed by atoms with E-state index in [1.165, 1.54) is 0 Å². The van der Waals surface area contributed by atoms with Crippen LogP contribution in [0.2, 0.25) is 0 Å². The smallest absolute Gasteiger partial charge is 0.270 e. The SMILES string of the molecule is Cc1ncc(CO)c(C2CCN(C(=O)c3cc4ccccc4[nH]3)CC2)n1. The summed E-state index contributed by atoms with van der Waals surface area (Å²) in [5.74, 6) is 1.01. The van der Waals surface area contributed by atoms with Crippen LogP contribution in [0.3, 0.4) is 0 Å². The Labute approximate surface area is 151 Å². The molecule has 1 aliphatic heterocycles.